The summed E-state index contributed by atoms with van der Waals surface area (Å²) in [5.74, 6) is 0. The van der Waals surface area contributed by atoms with Gasteiger partial charge in [0.1, 0.15) is 33.3 Å². The van der Waals surface area contributed by atoms with Crippen LogP contribution in [-0.4, -0.2) is 33.3 Å². The quantitative estimate of drug-likeness (QED) is 0.124. The van der Waals surface area contributed by atoms with E-state index in [2.05, 4.69) is 169 Å². The van der Waals surface area contributed by atoms with Crippen molar-refractivity contribution < 1.29 is 22.6 Å². The van der Waals surface area contributed by atoms with Gasteiger partial charge >= 0.3 is 7.12 Å². The fraction of sp³-hybridized carbons (Fsp3) is 0.0952. The molecule has 1 aliphatic rings. The molecule has 0 radical (unpaired) electrons. The third-order valence-electron chi connectivity index (χ3n) is 14.1. The van der Waals surface area contributed by atoms with Crippen LogP contribution in [0.5, 0.6) is 0 Å². The minimum Gasteiger partial charge on any atom is -0.455 e. The summed E-state index contributed by atoms with van der Waals surface area (Å²) in [6.45, 7) is 8.18. The first-order valence-electron chi connectivity index (χ1n) is 24.3. The summed E-state index contributed by atoms with van der Waals surface area (Å²) in [5, 5.41) is 3.08. The van der Waals surface area contributed by atoms with Crippen molar-refractivity contribution in [3.05, 3.63) is 214 Å². The monoisotopic (exact) mass is 1190 g/mol. The first-order valence-corrected chi connectivity index (χ1v) is 26.5. The molecule has 1 saturated heterocycles. The largest absolute Gasteiger partial charge is 0.498 e. The van der Waals surface area contributed by atoms with Crippen molar-refractivity contribution in [3.8, 4) is 44.5 Å². The number of furan rings is 3. The lowest BCUT2D eigenvalue weighted by molar-refractivity contribution is 0.00578. The number of halogens is 2. The normalized spacial score (nSPS) is 13.9. The molecule has 1 fully saturated rings. The molecule has 0 amide bonds. The van der Waals surface area contributed by atoms with Crippen molar-refractivity contribution >= 4 is 124 Å². The van der Waals surface area contributed by atoms with E-state index in [9.17, 15) is 0 Å². The molecule has 11 heteroatoms. The standard InChI is InChI=1S/C34H20N2O2.C17H18BNO3.C12H8I2/c1-3-7-29-27(5-1)31-33(37-29)25(17-19-35-31)23-13-9-21(10-14-23)22-11-15-24(16-12-22)26-18-20-36-32-28-6-2-4-8-30(28)38-34(26)32;1-16(2)17(3,4)22-18(21-16)12-9-10-19-14-11-7-5-6-8-13(11)20-15(12)14;13-11-5-1-9(2-6-11)10-3-7-12(14)8-4-10/h1-20H;5-10H,1-4H3;1-8H. The third-order valence-corrected chi connectivity index (χ3v) is 15.5. The van der Waals surface area contributed by atoms with Crippen molar-refractivity contribution in [2.24, 2.45) is 0 Å². The van der Waals surface area contributed by atoms with Gasteiger partial charge in [-0.15, -0.1) is 0 Å². The summed E-state index contributed by atoms with van der Waals surface area (Å²) in [5.41, 5.74) is 16.8. The van der Waals surface area contributed by atoms with Gasteiger partial charge in [0, 0.05) is 58.5 Å². The molecule has 14 rings (SSSR count). The Morgan fingerprint density at radius 3 is 1.05 bits per heavy atom. The molecule has 0 bridgehead atoms. The number of benzene rings is 7. The van der Waals surface area contributed by atoms with E-state index < -0.39 is 7.12 Å². The predicted molar refractivity (Wildman–Crippen MR) is 317 cm³/mol. The Labute approximate surface area is 455 Å². The molecule has 6 aromatic heterocycles. The van der Waals surface area contributed by atoms with Crippen LogP contribution in [0.25, 0.3) is 111 Å². The maximum atomic E-state index is 6.18. The van der Waals surface area contributed by atoms with Crippen LogP contribution in [0.1, 0.15) is 27.7 Å². The van der Waals surface area contributed by atoms with E-state index >= 15 is 0 Å². The van der Waals surface area contributed by atoms with Gasteiger partial charge in [0.15, 0.2) is 16.7 Å². The molecule has 0 aliphatic carbocycles. The first-order chi connectivity index (χ1) is 36.0. The van der Waals surface area contributed by atoms with Crippen molar-refractivity contribution in [3.63, 3.8) is 0 Å². The lowest BCUT2D eigenvalue weighted by atomic mass is 9.79. The molecule has 0 saturated carbocycles. The van der Waals surface area contributed by atoms with Crippen LogP contribution in [0.4, 0.5) is 0 Å². The zero-order valence-corrected chi connectivity index (χ0v) is 45.2. The number of pyridine rings is 3. The van der Waals surface area contributed by atoms with Crippen LogP contribution in [0.2, 0.25) is 0 Å². The topological polar surface area (TPSA) is 96.6 Å². The maximum Gasteiger partial charge on any atom is 0.498 e. The summed E-state index contributed by atoms with van der Waals surface area (Å²) in [6, 6.07) is 64.3. The number of aromatic nitrogens is 3. The van der Waals surface area contributed by atoms with E-state index in [1.165, 1.54) is 18.3 Å². The molecule has 74 heavy (non-hydrogen) atoms. The van der Waals surface area contributed by atoms with Crippen LogP contribution in [-0.2, 0) is 9.31 Å². The third kappa shape index (κ3) is 9.05. The van der Waals surface area contributed by atoms with Crippen molar-refractivity contribution in [1.82, 2.24) is 15.0 Å². The number of para-hydroxylation sites is 3. The molecule has 0 N–H and O–H groups in total. The highest BCUT2D eigenvalue weighted by molar-refractivity contribution is 14.1. The van der Waals surface area contributed by atoms with Crippen molar-refractivity contribution in [2.75, 3.05) is 0 Å². The smallest absolute Gasteiger partial charge is 0.455 e. The molecular formula is C63H46BI2N3O5. The Bertz CT molecular complexity index is 3950. The molecule has 0 atom stereocenters. The second-order valence-electron chi connectivity index (χ2n) is 19.2. The van der Waals surface area contributed by atoms with Crippen molar-refractivity contribution in [1.29, 1.82) is 0 Å². The Kier molecular flexibility index (Phi) is 12.7. The van der Waals surface area contributed by atoms with Crippen molar-refractivity contribution in [2.45, 2.75) is 38.9 Å². The highest BCUT2D eigenvalue weighted by atomic mass is 127. The molecule has 360 valence electrons. The average molecular weight is 1190 g/mol. The number of nitrogens with zero attached hydrogens (tertiary/aromatic N) is 3. The van der Waals surface area contributed by atoms with Gasteiger partial charge in [-0.05, 0) is 185 Å². The Balaban J connectivity index is 0.000000130. The van der Waals surface area contributed by atoms with Gasteiger partial charge in [0.2, 0.25) is 0 Å². The SMILES string of the molecule is CC1(C)OB(c2ccnc3c2oc2ccccc23)OC1(C)C.Ic1ccc(-c2ccc(I)cc2)cc1.c1ccc2c(c1)oc1c(-c3ccc(-c4ccc(-c5ccnc6c5oc5ccccc56)cc4)cc3)ccnc12. The van der Waals surface area contributed by atoms with E-state index in [1.54, 1.807) is 6.20 Å². The molecule has 0 unspecified atom stereocenters. The summed E-state index contributed by atoms with van der Waals surface area (Å²) in [7, 11) is -0.448. The molecule has 13 aromatic rings. The maximum absolute atomic E-state index is 6.18. The van der Waals surface area contributed by atoms with E-state index in [4.69, 9.17) is 22.6 Å². The first kappa shape index (κ1) is 47.8. The molecule has 1 aliphatic heterocycles. The molecular weight excluding hydrogens is 1140 g/mol. The lowest BCUT2D eigenvalue weighted by Crippen LogP contribution is -2.41. The van der Waals surface area contributed by atoms with E-state index in [1.807, 2.05) is 119 Å². The second kappa shape index (κ2) is 19.6. The Morgan fingerprint density at radius 1 is 0.351 bits per heavy atom. The van der Waals surface area contributed by atoms with Gasteiger partial charge in [-0.25, -0.2) is 0 Å². The highest BCUT2D eigenvalue weighted by Crippen LogP contribution is 2.39. The zero-order chi connectivity index (χ0) is 50.6. The number of hydrogen-bond acceptors (Lipinski definition) is 8. The fourth-order valence-electron chi connectivity index (χ4n) is 9.41. The molecule has 8 nitrogen and oxygen atoms in total. The summed E-state index contributed by atoms with van der Waals surface area (Å²) >= 11 is 4.64. The summed E-state index contributed by atoms with van der Waals surface area (Å²) in [4.78, 5) is 13.6. The van der Waals surface area contributed by atoms with Gasteiger partial charge in [-0.2, -0.15) is 0 Å². The van der Waals surface area contributed by atoms with E-state index in [0.717, 1.165) is 105 Å². The van der Waals surface area contributed by atoms with Gasteiger partial charge in [-0.1, -0.05) is 109 Å². The van der Waals surface area contributed by atoms with Gasteiger partial charge in [0.25, 0.3) is 0 Å². The van der Waals surface area contributed by atoms with Crippen LogP contribution < -0.4 is 5.46 Å². The Hall–Kier alpha value is -7.17. The minimum absolute atomic E-state index is 0.376. The lowest BCUT2D eigenvalue weighted by Gasteiger charge is -2.32. The number of rotatable bonds is 5. The number of hydrogen-bond donors (Lipinski definition) is 0. The van der Waals surface area contributed by atoms with Gasteiger partial charge < -0.3 is 22.6 Å². The average Bonchev–Trinajstić information content (AvgIpc) is 4.18. The summed E-state index contributed by atoms with van der Waals surface area (Å²) < 4.78 is 33.2. The van der Waals surface area contributed by atoms with Crippen LogP contribution in [0, 0.1) is 7.14 Å². The molecule has 0 spiro atoms. The zero-order valence-electron chi connectivity index (χ0n) is 40.8. The fourth-order valence-corrected chi connectivity index (χ4v) is 10.1. The predicted octanol–water partition coefficient (Wildman–Crippen LogP) is 17.1. The van der Waals surface area contributed by atoms with Gasteiger partial charge in [-0.3, -0.25) is 15.0 Å². The van der Waals surface area contributed by atoms with Gasteiger partial charge in [0.05, 0.1) is 11.2 Å². The highest BCUT2D eigenvalue weighted by Gasteiger charge is 2.52. The summed E-state index contributed by atoms with van der Waals surface area (Å²) in [6.07, 6.45) is 5.49. The molecule has 7 heterocycles. The second-order valence-corrected chi connectivity index (χ2v) is 21.7. The van der Waals surface area contributed by atoms with Crippen LogP contribution >= 0.6 is 45.2 Å². The molecule has 7 aromatic carbocycles. The Morgan fingerprint density at radius 2 is 0.662 bits per heavy atom. The number of fused-ring (bicyclic) bond motifs is 9. The van der Waals surface area contributed by atoms with Crippen LogP contribution in [0.15, 0.2) is 220 Å². The van der Waals surface area contributed by atoms with Crippen LogP contribution in [0.3, 0.4) is 0 Å². The van der Waals surface area contributed by atoms with E-state index in [-0.39, 0.29) is 11.2 Å². The van der Waals surface area contributed by atoms with E-state index in [0.29, 0.717) is 0 Å². The minimum atomic E-state index is -0.448.